The average molecular weight is 302 g/mol. The van der Waals surface area contributed by atoms with Gasteiger partial charge in [-0.15, -0.1) is 11.3 Å². The van der Waals surface area contributed by atoms with E-state index in [1.807, 2.05) is 22.4 Å². The van der Waals surface area contributed by atoms with Crippen LogP contribution in [0.4, 0.5) is 15.9 Å². The Labute approximate surface area is 126 Å². The standard InChI is InChI=1S/C15H15FN4S/c16-11-4-1-2-5-13(11)20(8-3-7-17)15-14-12(6-9-21-14)18-10-19-15/h1-2,4-6,9-10H,3,7-8,17H2. The van der Waals surface area contributed by atoms with E-state index >= 15 is 0 Å². The first kappa shape index (κ1) is 13.9. The number of nitrogens with two attached hydrogens (primary N) is 1. The van der Waals surface area contributed by atoms with E-state index in [1.165, 1.54) is 12.4 Å². The van der Waals surface area contributed by atoms with Gasteiger partial charge in [-0.2, -0.15) is 0 Å². The van der Waals surface area contributed by atoms with Crippen molar-refractivity contribution in [3.63, 3.8) is 0 Å². The van der Waals surface area contributed by atoms with Crippen LogP contribution in [0.25, 0.3) is 10.2 Å². The quantitative estimate of drug-likeness (QED) is 0.785. The number of aromatic nitrogens is 2. The van der Waals surface area contributed by atoms with Gasteiger partial charge in [0, 0.05) is 6.54 Å². The van der Waals surface area contributed by atoms with E-state index in [0.29, 0.717) is 18.8 Å². The number of hydrogen-bond donors (Lipinski definition) is 1. The monoisotopic (exact) mass is 302 g/mol. The molecule has 0 amide bonds. The van der Waals surface area contributed by atoms with E-state index < -0.39 is 0 Å². The Balaban J connectivity index is 2.11. The smallest absolute Gasteiger partial charge is 0.154 e. The first-order valence-electron chi connectivity index (χ1n) is 6.71. The van der Waals surface area contributed by atoms with Crippen LogP contribution in [-0.2, 0) is 0 Å². The van der Waals surface area contributed by atoms with Gasteiger partial charge in [0.1, 0.15) is 12.1 Å². The van der Waals surface area contributed by atoms with Gasteiger partial charge >= 0.3 is 0 Å². The van der Waals surface area contributed by atoms with Crippen LogP contribution in [0.5, 0.6) is 0 Å². The van der Waals surface area contributed by atoms with Crippen LogP contribution in [0.1, 0.15) is 6.42 Å². The summed E-state index contributed by atoms with van der Waals surface area (Å²) < 4.78 is 15.1. The summed E-state index contributed by atoms with van der Waals surface area (Å²) in [6, 6.07) is 8.65. The van der Waals surface area contributed by atoms with E-state index in [1.54, 1.807) is 23.5 Å². The molecule has 0 atom stereocenters. The molecule has 0 saturated heterocycles. The van der Waals surface area contributed by atoms with Crippen LogP contribution < -0.4 is 10.6 Å². The number of nitrogens with zero attached hydrogens (tertiary/aromatic N) is 3. The van der Waals surface area contributed by atoms with E-state index in [4.69, 9.17) is 5.73 Å². The molecule has 2 N–H and O–H groups in total. The second kappa shape index (κ2) is 6.15. The summed E-state index contributed by atoms with van der Waals surface area (Å²) in [4.78, 5) is 10.5. The first-order chi connectivity index (χ1) is 10.3. The van der Waals surface area contributed by atoms with E-state index in [2.05, 4.69) is 9.97 Å². The highest BCUT2D eigenvalue weighted by Gasteiger charge is 2.17. The van der Waals surface area contributed by atoms with Crippen molar-refractivity contribution < 1.29 is 4.39 Å². The summed E-state index contributed by atoms with van der Waals surface area (Å²) in [5, 5.41) is 1.96. The molecule has 0 aliphatic rings. The van der Waals surface area contributed by atoms with Gasteiger partial charge in [-0.3, -0.25) is 0 Å². The number of fused-ring (bicyclic) bond motifs is 1. The molecule has 2 aromatic heterocycles. The van der Waals surface area contributed by atoms with Crippen molar-refractivity contribution in [3.8, 4) is 0 Å². The third-order valence-corrected chi connectivity index (χ3v) is 4.11. The molecule has 4 nitrogen and oxygen atoms in total. The molecule has 0 unspecified atom stereocenters. The van der Waals surface area contributed by atoms with E-state index in [9.17, 15) is 4.39 Å². The fourth-order valence-corrected chi connectivity index (χ4v) is 3.07. The zero-order chi connectivity index (χ0) is 14.7. The Morgan fingerprint density at radius 3 is 2.86 bits per heavy atom. The van der Waals surface area contributed by atoms with E-state index in [-0.39, 0.29) is 5.82 Å². The summed E-state index contributed by atoms with van der Waals surface area (Å²) >= 11 is 1.56. The van der Waals surface area contributed by atoms with Crippen LogP contribution in [0.15, 0.2) is 42.0 Å². The number of rotatable bonds is 5. The molecular formula is C15H15FN4S. The molecule has 108 valence electrons. The highest BCUT2D eigenvalue weighted by molar-refractivity contribution is 7.17. The lowest BCUT2D eigenvalue weighted by molar-refractivity contribution is 0.623. The van der Waals surface area contributed by atoms with E-state index in [0.717, 1.165) is 22.5 Å². The predicted molar refractivity (Wildman–Crippen MR) is 84.5 cm³/mol. The zero-order valence-electron chi connectivity index (χ0n) is 11.4. The molecule has 6 heteroatoms. The first-order valence-corrected chi connectivity index (χ1v) is 7.59. The molecule has 0 saturated carbocycles. The van der Waals surface area contributed by atoms with Crippen molar-refractivity contribution in [1.29, 1.82) is 0 Å². The molecule has 2 heterocycles. The minimum absolute atomic E-state index is 0.266. The minimum Gasteiger partial charge on any atom is -0.330 e. The number of para-hydroxylation sites is 1. The third-order valence-electron chi connectivity index (χ3n) is 3.21. The number of benzene rings is 1. The van der Waals surface area contributed by atoms with Gasteiger partial charge in [-0.05, 0) is 36.5 Å². The van der Waals surface area contributed by atoms with Crippen LogP contribution >= 0.6 is 11.3 Å². The Hall–Kier alpha value is -2.05. The largest absolute Gasteiger partial charge is 0.330 e. The normalized spacial score (nSPS) is 11.0. The van der Waals surface area contributed by atoms with Gasteiger partial charge in [0.25, 0.3) is 0 Å². The average Bonchev–Trinajstić information content (AvgIpc) is 2.98. The molecule has 0 spiro atoms. The Kier molecular flexibility index (Phi) is 4.08. The number of anilines is 2. The number of halogens is 1. The maximum atomic E-state index is 14.2. The van der Waals surface area contributed by atoms with Crippen molar-refractivity contribution in [2.45, 2.75) is 6.42 Å². The molecule has 0 bridgehead atoms. The summed E-state index contributed by atoms with van der Waals surface area (Å²) in [5.74, 6) is 0.464. The lowest BCUT2D eigenvalue weighted by Crippen LogP contribution is -2.23. The second-order valence-corrected chi connectivity index (χ2v) is 5.49. The summed E-state index contributed by atoms with van der Waals surface area (Å²) in [5.41, 5.74) is 7.00. The van der Waals surface area contributed by atoms with Gasteiger partial charge in [-0.1, -0.05) is 12.1 Å². The molecule has 0 radical (unpaired) electrons. The van der Waals surface area contributed by atoms with Crippen molar-refractivity contribution in [3.05, 3.63) is 47.9 Å². The van der Waals surface area contributed by atoms with Crippen LogP contribution in [0.3, 0.4) is 0 Å². The summed E-state index contributed by atoms with van der Waals surface area (Å²) in [6.07, 6.45) is 2.27. The molecule has 0 fully saturated rings. The van der Waals surface area contributed by atoms with Gasteiger partial charge in [0.2, 0.25) is 0 Å². The zero-order valence-corrected chi connectivity index (χ0v) is 12.2. The van der Waals surface area contributed by atoms with Gasteiger partial charge in [0.05, 0.1) is 15.9 Å². The van der Waals surface area contributed by atoms with Crippen molar-refractivity contribution in [2.24, 2.45) is 5.73 Å². The lowest BCUT2D eigenvalue weighted by atomic mass is 10.2. The summed E-state index contributed by atoms with van der Waals surface area (Å²) in [6.45, 7) is 1.16. The Morgan fingerprint density at radius 2 is 2.05 bits per heavy atom. The van der Waals surface area contributed by atoms with Crippen LogP contribution in [-0.4, -0.2) is 23.1 Å². The van der Waals surface area contributed by atoms with Crippen molar-refractivity contribution >= 4 is 33.1 Å². The number of thiophene rings is 1. The van der Waals surface area contributed by atoms with Crippen LogP contribution in [0, 0.1) is 5.82 Å². The Bertz CT molecular complexity index is 743. The highest BCUT2D eigenvalue weighted by Crippen LogP contribution is 2.33. The maximum Gasteiger partial charge on any atom is 0.154 e. The van der Waals surface area contributed by atoms with Crippen molar-refractivity contribution in [1.82, 2.24) is 9.97 Å². The molecule has 3 aromatic rings. The third kappa shape index (κ3) is 2.72. The lowest BCUT2D eigenvalue weighted by Gasteiger charge is -2.24. The van der Waals surface area contributed by atoms with Crippen molar-refractivity contribution in [2.75, 3.05) is 18.0 Å². The SMILES string of the molecule is NCCCN(c1ccccc1F)c1ncnc2ccsc12. The molecule has 0 aliphatic heterocycles. The van der Waals surface area contributed by atoms with Gasteiger partial charge in [0.15, 0.2) is 5.82 Å². The Morgan fingerprint density at radius 1 is 1.19 bits per heavy atom. The fraction of sp³-hybridized carbons (Fsp3) is 0.200. The molecular weight excluding hydrogens is 287 g/mol. The fourth-order valence-electron chi connectivity index (χ4n) is 2.23. The maximum absolute atomic E-state index is 14.2. The highest BCUT2D eigenvalue weighted by atomic mass is 32.1. The topological polar surface area (TPSA) is 55.0 Å². The molecule has 0 aliphatic carbocycles. The summed E-state index contributed by atoms with van der Waals surface area (Å²) in [7, 11) is 0. The van der Waals surface area contributed by atoms with Gasteiger partial charge in [-0.25, -0.2) is 14.4 Å². The minimum atomic E-state index is -0.266. The second-order valence-electron chi connectivity index (χ2n) is 4.58. The molecule has 1 aromatic carbocycles. The predicted octanol–water partition coefficient (Wildman–Crippen LogP) is 3.32. The number of hydrogen-bond acceptors (Lipinski definition) is 5. The molecule has 3 rings (SSSR count). The van der Waals surface area contributed by atoms with Crippen LogP contribution in [0.2, 0.25) is 0 Å². The molecule has 21 heavy (non-hydrogen) atoms. The van der Waals surface area contributed by atoms with Gasteiger partial charge < -0.3 is 10.6 Å².